The van der Waals surface area contributed by atoms with E-state index in [0.717, 1.165) is 12.3 Å². The van der Waals surface area contributed by atoms with Crippen molar-refractivity contribution >= 4 is 0 Å². The fourth-order valence-corrected chi connectivity index (χ4v) is 0.861. The Morgan fingerprint density at radius 2 is 1.90 bits per heavy atom. The molecule has 0 aliphatic heterocycles. The minimum Gasteiger partial charge on any atom is -0.395 e. The summed E-state index contributed by atoms with van der Waals surface area (Å²) in [6, 6.07) is 0.294. The third kappa shape index (κ3) is 4.77. The molecule has 0 aromatic carbocycles. The fraction of sp³-hybridized carbons (Fsp3) is 1.00. The Balaban J connectivity index is 3.26. The van der Waals surface area contributed by atoms with E-state index in [1.807, 2.05) is 7.05 Å². The zero-order valence-electron chi connectivity index (χ0n) is 7.22. The molecule has 0 amide bonds. The van der Waals surface area contributed by atoms with Crippen LogP contribution < -0.4 is 5.32 Å². The molecule has 0 aliphatic carbocycles. The Morgan fingerprint density at radius 1 is 1.30 bits per heavy atom. The van der Waals surface area contributed by atoms with Crippen molar-refractivity contribution in [2.75, 3.05) is 13.7 Å². The van der Waals surface area contributed by atoms with E-state index in [9.17, 15) is 0 Å². The molecular formula is C8H19NO. The number of hydrogen-bond donors (Lipinski definition) is 2. The average molecular weight is 145 g/mol. The molecule has 0 spiro atoms. The Labute approximate surface area is 63.6 Å². The maximum Gasteiger partial charge on any atom is 0.0584 e. The van der Waals surface area contributed by atoms with Gasteiger partial charge in [0.15, 0.2) is 0 Å². The summed E-state index contributed by atoms with van der Waals surface area (Å²) in [5, 5.41) is 11.8. The number of rotatable bonds is 5. The van der Waals surface area contributed by atoms with Crippen molar-refractivity contribution in [1.82, 2.24) is 5.32 Å². The second-order valence-corrected chi connectivity index (χ2v) is 3.14. The number of aliphatic hydroxyl groups excluding tert-OH is 1. The van der Waals surface area contributed by atoms with Crippen LogP contribution in [0.3, 0.4) is 0 Å². The molecular weight excluding hydrogens is 126 g/mol. The third-order valence-corrected chi connectivity index (χ3v) is 1.72. The molecule has 62 valence electrons. The van der Waals surface area contributed by atoms with Crippen LogP contribution in [0, 0.1) is 5.92 Å². The predicted octanol–water partition coefficient (Wildman–Crippen LogP) is 1.00. The van der Waals surface area contributed by atoms with Gasteiger partial charge >= 0.3 is 0 Å². The number of nitrogens with one attached hydrogen (secondary N) is 1. The van der Waals surface area contributed by atoms with E-state index in [0.29, 0.717) is 6.04 Å². The van der Waals surface area contributed by atoms with Gasteiger partial charge in [0.25, 0.3) is 0 Å². The lowest BCUT2D eigenvalue weighted by atomic mass is 10.0. The first-order valence-electron chi connectivity index (χ1n) is 3.98. The minimum absolute atomic E-state index is 0.253. The maximum atomic E-state index is 8.78. The average Bonchev–Trinajstić information content (AvgIpc) is 1.90. The van der Waals surface area contributed by atoms with Gasteiger partial charge in [-0.25, -0.2) is 0 Å². The Hall–Kier alpha value is -0.0800. The van der Waals surface area contributed by atoms with Crippen LogP contribution >= 0.6 is 0 Å². The molecule has 2 heteroatoms. The van der Waals surface area contributed by atoms with Crippen molar-refractivity contribution in [2.45, 2.75) is 32.7 Å². The number of aliphatic hydroxyl groups is 1. The molecule has 0 heterocycles. The molecule has 0 aromatic heterocycles. The van der Waals surface area contributed by atoms with E-state index in [1.165, 1.54) is 6.42 Å². The van der Waals surface area contributed by atoms with Gasteiger partial charge in [-0.1, -0.05) is 13.8 Å². The smallest absolute Gasteiger partial charge is 0.0584 e. The van der Waals surface area contributed by atoms with Crippen LogP contribution in [0.1, 0.15) is 26.7 Å². The van der Waals surface area contributed by atoms with E-state index in [1.54, 1.807) is 0 Å². The summed E-state index contributed by atoms with van der Waals surface area (Å²) < 4.78 is 0. The van der Waals surface area contributed by atoms with Gasteiger partial charge in [0, 0.05) is 6.04 Å². The highest BCUT2D eigenvalue weighted by atomic mass is 16.3. The van der Waals surface area contributed by atoms with Gasteiger partial charge in [0.1, 0.15) is 0 Å². The number of likely N-dealkylation sites (N-methyl/N-ethyl adjacent to an activating group) is 1. The van der Waals surface area contributed by atoms with Gasteiger partial charge in [-0.3, -0.25) is 0 Å². The zero-order chi connectivity index (χ0) is 7.98. The summed E-state index contributed by atoms with van der Waals surface area (Å²) in [5.74, 6) is 0.738. The molecule has 10 heavy (non-hydrogen) atoms. The summed E-state index contributed by atoms with van der Waals surface area (Å²) in [6.07, 6.45) is 2.26. The van der Waals surface area contributed by atoms with Crippen molar-refractivity contribution < 1.29 is 5.11 Å². The molecule has 0 aromatic rings. The SMILES string of the molecule is CNC(CO)CCC(C)C. The summed E-state index contributed by atoms with van der Waals surface area (Å²) >= 11 is 0. The highest BCUT2D eigenvalue weighted by Crippen LogP contribution is 2.05. The first-order valence-corrected chi connectivity index (χ1v) is 3.98. The highest BCUT2D eigenvalue weighted by molar-refractivity contribution is 4.62. The van der Waals surface area contributed by atoms with E-state index in [4.69, 9.17) is 5.11 Å². The number of hydrogen-bond acceptors (Lipinski definition) is 2. The van der Waals surface area contributed by atoms with Crippen LogP contribution in [0.4, 0.5) is 0 Å². The zero-order valence-corrected chi connectivity index (χ0v) is 7.22. The summed E-state index contributed by atoms with van der Waals surface area (Å²) in [6.45, 7) is 4.65. The fourth-order valence-electron chi connectivity index (χ4n) is 0.861. The molecule has 0 rings (SSSR count). The van der Waals surface area contributed by atoms with E-state index < -0.39 is 0 Å². The van der Waals surface area contributed by atoms with E-state index >= 15 is 0 Å². The van der Waals surface area contributed by atoms with Gasteiger partial charge < -0.3 is 10.4 Å². The highest BCUT2D eigenvalue weighted by Gasteiger charge is 2.03. The van der Waals surface area contributed by atoms with Crippen LogP contribution in [0.2, 0.25) is 0 Å². The quantitative estimate of drug-likeness (QED) is 0.605. The van der Waals surface area contributed by atoms with E-state index in [-0.39, 0.29) is 6.61 Å². The van der Waals surface area contributed by atoms with Crippen LogP contribution in [0.15, 0.2) is 0 Å². The van der Waals surface area contributed by atoms with Crippen LogP contribution in [-0.4, -0.2) is 24.8 Å². The molecule has 2 nitrogen and oxygen atoms in total. The molecule has 1 unspecified atom stereocenters. The maximum absolute atomic E-state index is 8.78. The standard InChI is InChI=1S/C8H19NO/c1-7(2)4-5-8(6-10)9-3/h7-10H,4-6H2,1-3H3. The van der Waals surface area contributed by atoms with Gasteiger partial charge in [-0.05, 0) is 25.8 Å². The largest absolute Gasteiger partial charge is 0.395 e. The topological polar surface area (TPSA) is 32.3 Å². The van der Waals surface area contributed by atoms with Crippen molar-refractivity contribution in [1.29, 1.82) is 0 Å². The molecule has 0 radical (unpaired) electrons. The predicted molar refractivity (Wildman–Crippen MR) is 44.0 cm³/mol. The molecule has 0 saturated carbocycles. The first-order chi connectivity index (χ1) is 4.70. The van der Waals surface area contributed by atoms with Crippen LogP contribution in [0.25, 0.3) is 0 Å². The molecule has 0 bridgehead atoms. The van der Waals surface area contributed by atoms with Gasteiger partial charge in [-0.15, -0.1) is 0 Å². The lowest BCUT2D eigenvalue weighted by Crippen LogP contribution is -2.29. The van der Waals surface area contributed by atoms with Gasteiger partial charge in [0.05, 0.1) is 6.61 Å². The molecule has 0 saturated heterocycles. The summed E-state index contributed by atoms with van der Waals surface area (Å²) in [5.41, 5.74) is 0. The van der Waals surface area contributed by atoms with Crippen molar-refractivity contribution in [3.05, 3.63) is 0 Å². The van der Waals surface area contributed by atoms with Crippen molar-refractivity contribution in [3.8, 4) is 0 Å². The van der Waals surface area contributed by atoms with Crippen LogP contribution in [-0.2, 0) is 0 Å². The van der Waals surface area contributed by atoms with Gasteiger partial charge in [-0.2, -0.15) is 0 Å². The first kappa shape index (κ1) is 9.92. The summed E-state index contributed by atoms with van der Waals surface area (Å²) in [4.78, 5) is 0. The molecule has 0 aliphatic rings. The van der Waals surface area contributed by atoms with Gasteiger partial charge in [0.2, 0.25) is 0 Å². The Morgan fingerprint density at radius 3 is 2.20 bits per heavy atom. The second kappa shape index (κ2) is 5.69. The lowest BCUT2D eigenvalue weighted by molar-refractivity contribution is 0.236. The third-order valence-electron chi connectivity index (χ3n) is 1.72. The van der Waals surface area contributed by atoms with Crippen molar-refractivity contribution in [3.63, 3.8) is 0 Å². The monoisotopic (exact) mass is 145 g/mol. The molecule has 0 fully saturated rings. The minimum atomic E-state index is 0.253. The van der Waals surface area contributed by atoms with Crippen molar-refractivity contribution in [2.24, 2.45) is 5.92 Å². The van der Waals surface area contributed by atoms with Crippen LogP contribution in [0.5, 0.6) is 0 Å². The second-order valence-electron chi connectivity index (χ2n) is 3.14. The lowest BCUT2D eigenvalue weighted by Gasteiger charge is -2.13. The Bertz CT molecular complexity index is 69.7. The molecule has 1 atom stereocenters. The van der Waals surface area contributed by atoms with E-state index in [2.05, 4.69) is 19.2 Å². The molecule has 2 N–H and O–H groups in total. The summed E-state index contributed by atoms with van der Waals surface area (Å²) in [7, 11) is 1.89. The Kier molecular flexibility index (Phi) is 5.64. The normalized spacial score (nSPS) is 14.1.